The number of hydrogen-bond donors (Lipinski definition) is 0. The van der Waals surface area contributed by atoms with E-state index in [0.717, 1.165) is 5.56 Å². The van der Waals surface area contributed by atoms with E-state index >= 15 is 0 Å². The van der Waals surface area contributed by atoms with Crippen LogP contribution in [0.15, 0.2) is 65.5 Å². The number of hydrogen-bond acceptors (Lipinski definition) is 8. The topological polar surface area (TPSA) is 109 Å². The lowest BCUT2D eigenvalue weighted by atomic mass is 10.1. The van der Waals surface area contributed by atoms with Crippen LogP contribution in [0.2, 0.25) is 0 Å². The maximum atomic E-state index is 12.5. The lowest BCUT2D eigenvalue weighted by molar-refractivity contribution is -0.274. The molecule has 0 atom stereocenters. The zero-order valence-corrected chi connectivity index (χ0v) is 20.9. The lowest BCUT2D eigenvalue weighted by Crippen LogP contribution is -2.16. The first-order valence-corrected chi connectivity index (χ1v) is 13.1. The van der Waals surface area contributed by atoms with Gasteiger partial charge < -0.3 is 13.9 Å². The molecule has 0 bridgehead atoms. The number of sulfone groups is 1. The second-order valence-electron chi connectivity index (χ2n) is 8.26. The monoisotopic (exact) mass is 548 g/mol. The van der Waals surface area contributed by atoms with Gasteiger partial charge in [0.2, 0.25) is 5.89 Å². The number of nitrogens with zero attached hydrogens (tertiary/aromatic N) is 4. The molecule has 0 fully saturated rings. The van der Waals surface area contributed by atoms with Crippen LogP contribution in [0.5, 0.6) is 11.5 Å². The van der Waals surface area contributed by atoms with E-state index in [0.29, 0.717) is 28.5 Å². The van der Waals surface area contributed by atoms with Crippen molar-refractivity contribution in [3.63, 3.8) is 0 Å². The van der Waals surface area contributed by atoms with Gasteiger partial charge in [-0.15, -0.1) is 18.3 Å². The summed E-state index contributed by atoms with van der Waals surface area (Å²) in [4.78, 5) is 4.29. The predicted molar refractivity (Wildman–Crippen MR) is 132 cm³/mol. The van der Waals surface area contributed by atoms with Gasteiger partial charge in [0.25, 0.3) is 0 Å². The van der Waals surface area contributed by atoms with E-state index in [1.165, 1.54) is 41.4 Å². The standard InChI is InChI=1S/C25H23F3N4O5S/c1-18-14-23(8-5-20(18)17-38(33,34)13-12-32-11-10-29-31-32)35-15-21-16-36-24(30-21)9-4-19-2-6-22(7-3-19)37-25(26,27)28/h2-11,14,16H,12-13,15,17H2,1H3. The van der Waals surface area contributed by atoms with Crippen molar-refractivity contribution in [1.82, 2.24) is 20.0 Å². The molecule has 0 radical (unpaired) electrons. The van der Waals surface area contributed by atoms with Crippen molar-refractivity contribution in [2.75, 3.05) is 5.75 Å². The summed E-state index contributed by atoms with van der Waals surface area (Å²) in [5.74, 6) is 0.396. The molecule has 0 aliphatic heterocycles. The summed E-state index contributed by atoms with van der Waals surface area (Å²) < 4.78 is 78.2. The number of aromatic nitrogens is 4. The molecule has 13 heteroatoms. The molecule has 0 spiro atoms. The van der Waals surface area contributed by atoms with Crippen LogP contribution < -0.4 is 9.47 Å². The highest BCUT2D eigenvalue weighted by Crippen LogP contribution is 2.24. The van der Waals surface area contributed by atoms with E-state index in [1.807, 2.05) is 6.92 Å². The van der Waals surface area contributed by atoms with Crippen molar-refractivity contribution < 1.29 is 35.5 Å². The molecule has 38 heavy (non-hydrogen) atoms. The fourth-order valence-corrected chi connectivity index (χ4v) is 4.79. The van der Waals surface area contributed by atoms with Gasteiger partial charge in [-0.05, 0) is 54.0 Å². The number of aryl methyl sites for hydroxylation is 2. The molecule has 2 aromatic heterocycles. The molecule has 200 valence electrons. The van der Waals surface area contributed by atoms with E-state index in [1.54, 1.807) is 36.5 Å². The summed E-state index contributed by atoms with van der Waals surface area (Å²) in [7, 11) is -3.34. The van der Waals surface area contributed by atoms with Crippen molar-refractivity contribution in [2.24, 2.45) is 0 Å². The summed E-state index contributed by atoms with van der Waals surface area (Å²) in [6.07, 6.45) is 3.01. The number of ether oxygens (including phenoxy) is 2. The highest BCUT2D eigenvalue weighted by molar-refractivity contribution is 7.90. The van der Waals surface area contributed by atoms with Crippen LogP contribution in [0.3, 0.4) is 0 Å². The Morgan fingerprint density at radius 3 is 2.53 bits per heavy atom. The largest absolute Gasteiger partial charge is 0.573 e. The summed E-state index contributed by atoms with van der Waals surface area (Å²) in [5, 5.41) is 7.44. The third-order valence-electron chi connectivity index (χ3n) is 5.28. The Bertz CT molecular complexity index is 1480. The van der Waals surface area contributed by atoms with E-state index in [-0.39, 0.29) is 30.4 Å². The second kappa shape index (κ2) is 11.5. The zero-order valence-electron chi connectivity index (χ0n) is 20.1. The molecule has 0 aliphatic carbocycles. The minimum absolute atomic E-state index is 0.0469. The van der Waals surface area contributed by atoms with E-state index in [9.17, 15) is 21.6 Å². The van der Waals surface area contributed by atoms with Crippen LogP contribution in [0, 0.1) is 6.92 Å². The highest BCUT2D eigenvalue weighted by Gasteiger charge is 2.30. The molecule has 4 aromatic rings. The second-order valence-corrected chi connectivity index (χ2v) is 10.4. The number of oxazole rings is 1. The van der Waals surface area contributed by atoms with Crippen molar-refractivity contribution in [2.45, 2.75) is 32.2 Å². The Morgan fingerprint density at radius 2 is 1.84 bits per heavy atom. The van der Waals surface area contributed by atoms with Gasteiger partial charge in [-0.2, -0.15) is 0 Å². The molecule has 0 amide bonds. The fraction of sp³-hybridized carbons (Fsp3) is 0.240. The Hall–Kier alpha value is -4.13. The van der Waals surface area contributed by atoms with Crippen molar-refractivity contribution >= 4 is 22.0 Å². The van der Waals surface area contributed by atoms with Gasteiger partial charge in [0.15, 0.2) is 9.84 Å². The summed E-state index contributed by atoms with van der Waals surface area (Å²) >= 11 is 0. The predicted octanol–water partition coefficient (Wildman–Crippen LogP) is 4.84. The maximum Gasteiger partial charge on any atom is 0.573 e. The smallest absolute Gasteiger partial charge is 0.487 e. The Balaban J connectivity index is 1.28. The van der Waals surface area contributed by atoms with Gasteiger partial charge in [0.1, 0.15) is 30.1 Å². The normalized spacial score (nSPS) is 12.2. The Kier molecular flexibility index (Phi) is 8.15. The van der Waals surface area contributed by atoms with E-state index in [4.69, 9.17) is 9.15 Å². The van der Waals surface area contributed by atoms with Crippen molar-refractivity contribution in [3.05, 3.63) is 89.4 Å². The lowest BCUT2D eigenvalue weighted by Gasteiger charge is -2.10. The molecule has 9 nitrogen and oxygen atoms in total. The first-order valence-electron chi connectivity index (χ1n) is 11.3. The van der Waals surface area contributed by atoms with Crippen LogP contribution in [0.1, 0.15) is 28.3 Å². The van der Waals surface area contributed by atoms with Gasteiger partial charge in [0, 0.05) is 12.3 Å². The van der Waals surface area contributed by atoms with Crippen LogP contribution in [-0.4, -0.2) is 40.5 Å². The summed E-state index contributed by atoms with van der Waals surface area (Å²) in [6.45, 7) is 2.17. The minimum Gasteiger partial charge on any atom is -0.487 e. The Labute approximate surface area is 216 Å². The van der Waals surface area contributed by atoms with Crippen LogP contribution >= 0.6 is 0 Å². The first-order chi connectivity index (χ1) is 18.0. The van der Waals surface area contributed by atoms with E-state index in [2.05, 4.69) is 20.0 Å². The molecule has 2 heterocycles. The molecule has 0 N–H and O–H groups in total. The van der Waals surface area contributed by atoms with Crippen LogP contribution in [-0.2, 0) is 28.7 Å². The summed E-state index contributed by atoms with van der Waals surface area (Å²) in [6, 6.07) is 10.5. The average Bonchev–Trinajstić information content (AvgIpc) is 3.54. The number of benzene rings is 2. The van der Waals surface area contributed by atoms with Crippen LogP contribution in [0.25, 0.3) is 12.2 Å². The highest BCUT2D eigenvalue weighted by atomic mass is 32.2. The molecule has 0 saturated heterocycles. The van der Waals surface area contributed by atoms with Gasteiger partial charge >= 0.3 is 6.36 Å². The molecule has 0 unspecified atom stereocenters. The van der Waals surface area contributed by atoms with E-state index < -0.39 is 16.2 Å². The molecular formula is C25H23F3N4O5S. The van der Waals surface area contributed by atoms with Gasteiger partial charge in [-0.3, -0.25) is 4.68 Å². The quantitative estimate of drug-likeness (QED) is 0.262. The minimum atomic E-state index is -4.74. The average molecular weight is 549 g/mol. The van der Waals surface area contributed by atoms with Gasteiger partial charge in [0.05, 0.1) is 24.2 Å². The third-order valence-corrected chi connectivity index (χ3v) is 6.84. The van der Waals surface area contributed by atoms with Gasteiger partial charge in [-0.1, -0.05) is 23.4 Å². The van der Waals surface area contributed by atoms with Crippen LogP contribution in [0.4, 0.5) is 13.2 Å². The molecule has 2 aromatic carbocycles. The zero-order chi connectivity index (χ0) is 27.2. The maximum absolute atomic E-state index is 12.5. The van der Waals surface area contributed by atoms with Gasteiger partial charge in [-0.25, -0.2) is 13.4 Å². The summed E-state index contributed by atoms with van der Waals surface area (Å²) in [5.41, 5.74) is 2.62. The molecule has 0 aliphatic rings. The Morgan fingerprint density at radius 1 is 1.08 bits per heavy atom. The number of alkyl halides is 3. The number of rotatable bonds is 11. The fourth-order valence-electron chi connectivity index (χ4n) is 3.38. The molecule has 4 rings (SSSR count). The number of halogens is 3. The molecular weight excluding hydrogens is 525 g/mol. The van der Waals surface area contributed by atoms with Crippen molar-refractivity contribution in [1.29, 1.82) is 0 Å². The first kappa shape index (κ1) is 26.9. The van der Waals surface area contributed by atoms with Crippen molar-refractivity contribution in [3.8, 4) is 11.5 Å². The SMILES string of the molecule is Cc1cc(OCc2coc(C=Cc3ccc(OC(F)(F)F)cc3)n2)ccc1CS(=O)(=O)CCn1ccnn1. The third kappa shape index (κ3) is 8.20. The molecule has 0 saturated carbocycles.